The monoisotopic (exact) mass is 301 g/mol. The van der Waals surface area contributed by atoms with Gasteiger partial charge in [-0.3, -0.25) is 4.79 Å². The van der Waals surface area contributed by atoms with Crippen molar-refractivity contribution in [3.8, 4) is 11.1 Å². The quantitative estimate of drug-likeness (QED) is 0.545. The first-order chi connectivity index (χ1) is 11.1. The molecule has 0 amide bonds. The molecule has 4 heteroatoms. The maximum Gasteiger partial charge on any atom is 0.249 e. The second kappa shape index (κ2) is 5.02. The molecule has 0 aliphatic carbocycles. The number of aromatic amines is 1. The number of nitrogens with one attached hydrogen (secondary N) is 1. The molecule has 2 heterocycles. The van der Waals surface area contributed by atoms with E-state index in [9.17, 15) is 4.79 Å². The normalized spacial score (nSPS) is 11.2. The van der Waals surface area contributed by atoms with Crippen LogP contribution in [-0.4, -0.2) is 15.2 Å². The Labute approximate surface area is 132 Å². The molecule has 2 aromatic carbocycles. The first-order valence-electron chi connectivity index (χ1n) is 7.49. The summed E-state index contributed by atoms with van der Waals surface area (Å²) in [4.78, 5) is 15.1. The molecule has 0 radical (unpaired) electrons. The van der Waals surface area contributed by atoms with Crippen molar-refractivity contribution in [3.05, 3.63) is 70.0 Å². The third-order valence-corrected chi connectivity index (χ3v) is 4.06. The fraction of sp³-hybridized carbons (Fsp3) is 0.105. The van der Waals surface area contributed by atoms with E-state index in [0.717, 1.165) is 38.7 Å². The van der Waals surface area contributed by atoms with Crippen molar-refractivity contribution in [1.82, 2.24) is 15.2 Å². The zero-order valence-electron chi connectivity index (χ0n) is 12.9. The molecule has 0 unspecified atom stereocenters. The Morgan fingerprint density at radius 2 is 1.65 bits per heavy atom. The van der Waals surface area contributed by atoms with Gasteiger partial charge in [0.25, 0.3) is 0 Å². The van der Waals surface area contributed by atoms with Crippen LogP contribution in [0.3, 0.4) is 0 Å². The smallest absolute Gasteiger partial charge is 0.249 e. The van der Waals surface area contributed by atoms with E-state index in [-0.39, 0.29) is 5.56 Å². The fourth-order valence-electron chi connectivity index (χ4n) is 3.07. The van der Waals surface area contributed by atoms with Gasteiger partial charge in [-0.1, -0.05) is 42.0 Å². The van der Waals surface area contributed by atoms with Gasteiger partial charge < -0.3 is 4.98 Å². The molecule has 0 aliphatic heterocycles. The van der Waals surface area contributed by atoms with Crippen molar-refractivity contribution in [1.29, 1.82) is 0 Å². The number of aryl methyl sites for hydroxylation is 2. The van der Waals surface area contributed by atoms with E-state index in [1.54, 1.807) is 6.07 Å². The lowest BCUT2D eigenvalue weighted by Crippen LogP contribution is -2.07. The van der Waals surface area contributed by atoms with Crippen LogP contribution in [0, 0.1) is 13.8 Å². The van der Waals surface area contributed by atoms with Crippen LogP contribution in [0.4, 0.5) is 0 Å². The van der Waals surface area contributed by atoms with Crippen LogP contribution >= 0.6 is 0 Å². The summed E-state index contributed by atoms with van der Waals surface area (Å²) in [5, 5.41) is 9.72. The van der Waals surface area contributed by atoms with Crippen LogP contribution in [0.2, 0.25) is 0 Å². The minimum Gasteiger partial charge on any atom is -0.320 e. The summed E-state index contributed by atoms with van der Waals surface area (Å²) in [5.74, 6) is 0. The molecule has 4 rings (SSSR count). The van der Waals surface area contributed by atoms with E-state index in [1.807, 2.05) is 50.2 Å². The fourth-order valence-corrected chi connectivity index (χ4v) is 3.07. The molecule has 0 saturated carbocycles. The molecule has 1 N–H and O–H groups in total. The van der Waals surface area contributed by atoms with E-state index in [1.165, 1.54) is 0 Å². The molecule has 0 bridgehead atoms. The summed E-state index contributed by atoms with van der Waals surface area (Å²) < 4.78 is 0. The van der Waals surface area contributed by atoms with Gasteiger partial charge >= 0.3 is 0 Å². The summed E-state index contributed by atoms with van der Waals surface area (Å²) in [7, 11) is 0. The third-order valence-electron chi connectivity index (χ3n) is 4.06. The van der Waals surface area contributed by atoms with Gasteiger partial charge in [0.2, 0.25) is 5.56 Å². The number of benzene rings is 2. The lowest BCUT2D eigenvalue weighted by atomic mass is 10.0. The highest BCUT2D eigenvalue weighted by molar-refractivity contribution is 6.06. The first-order valence-corrected chi connectivity index (χ1v) is 7.49. The van der Waals surface area contributed by atoms with Crippen molar-refractivity contribution in [2.75, 3.05) is 0 Å². The van der Waals surface area contributed by atoms with Gasteiger partial charge in [-0.25, -0.2) is 0 Å². The lowest BCUT2D eigenvalue weighted by molar-refractivity contribution is 1.10. The van der Waals surface area contributed by atoms with Crippen LogP contribution in [0.1, 0.15) is 11.1 Å². The van der Waals surface area contributed by atoms with Gasteiger partial charge in [-0.2, -0.15) is 0 Å². The molecule has 0 saturated heterocycles. The van der Waals surface area contributed by atoms with Crippen molar-refractivity contribution in [3.63, 3.8) is 0 Å². The van der Waals surface area contributed by atoms with Gasteiger partial charge in [-0.05, 0) is 31.0 Å². The predicted octanol–water partition coefficient (Wildman–Crippen LogP) is 3.76. The molecule has 0 fully saturated rings. The largest absolute Gasteiger partial charge is 0.320 e. The summed E-state index contributed by atoms with van der Waals surface area (Å²) in [6, 6.07) is 15.5. The number of hydrogen-bond donors (Lipinski definition) is 1. The zero-order chi connectivity index (χ0) is 16.0. The van der Waals surface area contributed by atoms with E-state index in [0.29, 0.717) is 5.52 Å². The number of aromatic nitrogens is 3. The molecule has 23 heavy (non-hydrogen) atoms. The molecule has 4 aromatic rings. The second-order valence-corrected chi connectivity index (χ2v) is 5.81. The number of pyridine rings is 1. The van der Waals surface area contributed by atoms with E-state index >= 15 is 0 Å². The Kier molecular flexibility index (Phi) is 2.98. The molecule has 0 spiro atoms. The number of nitrogens with zero attached hydrogens (tertiary/aromatic N) is 2. The summed E-state index contributed by atoms with van der Waals surface area (Å²) >= 11 is 0. The molecular weight excluding hydrogens is 286 g/mol. The lowest BCUT2D eigenvalue weighted by Gasteiger charge is -2.09. The first kappa shape index (κ1) is 13.6. The minimum absolute atomic E-state index is 0.134. The number of hydrogen-bond acceptors (Lipinski definition) is 3. The van der Waals surface area contributed by atoms with Gasteiger partial charge in [0.1, 0.15) is 5.52 Å². The van der Waals surface area contributed by atoms with E-state index in [4.69, 9.17) is 0 Å². The van der Waals surface area contributed by atoms with Gasteiger partial charge in [0, 0.05) is 17.0 Å². The average Bonchev–Trinajstić information content (AvgIpc) is 2.55. The van der Waals surface area contributed by atoms with Gasteiger partial charge in [0.15, 0.2) is 0 Å². The summed E-state index contributed by atoms with van der Waals surface area (Å²) in [5.41, 5.74) is 6.10. The summed E-state index contributed by atoms with van der Waals surface area (Å²) in [6.07, 6.45) is 0. The molecular formula is C19H15N3O. The Morgan fingerprint density at radius 3 is 2.43 bits per heavy atom. The molecule has 0 aliphatic rings. The molecule has 0 atom stereocenters. The number of fused-ring (bicyclic) bond motifs is 3. The zero-order valence-corrected chi connectivity index (χ0v) is 12.9. The second-order valence-electron chi connectivity index (χ2n) is 5.81. The maximum absolute atomic E-state index is 12.2. The Hall–Kier alpha value is -3.01. The maximum atomic E-state index is 12.2. The topological polar surface area (TPSA) is 58.6 Å². The summed E-state index contributed by atoms with van der Waals surface area (Å²) in [6.45, 7) is 4.05. The van der Waals surface area contributed by atoms with Crippen molar-refractivity contribution < 1.29 is 0 Å². The Balaban J connectivity index is 2.19. The van der Waals surface area contributed by atoms with Crippen LogP contribution in [-0.2, 0) is 0 Å². The van der Waals surface area contributed by atoms with E-state index in [2.05, 4.69) is 21.2 Å². The van der Waals surface area contributed by atoms with Crippen LogP contribution in [0.15, 0.2) is 53.3 Å². The van der Waals surface area contributed by atoms with Gasteiger partial charge in [-0.15, -0.1) is 10.2 Å². The third kappa shape index (κ3) is 2.19. The number of H-pyrrole nitrogens is 1. The Bertz CT molecular complexity index is 1100. The van der Waals surface area contributed by atoms with Crippen molar-refractivity contribution in [2.45, 2.75) is 13.8 Å². The molecule has 2 aromatic heterocycles. The van der Waals surface area contributed by atoms with Crippen LogP contribution < -0.4 is 5.56 Å². The van der Waals surface area contributed by atoms with Crippen LogP contribution in [0.5, 0.6) is 0 Å². The van der Waals surface area contributed by atoms with Crippen molar-refractivity contribution >= 4 is 21.9 Å². The standard InChI is InChI=1S/C19H15N3O/c1-11-8-12(2)17-15(9-11)18-19(22-21-17)14(10-16(23)20-18)13-6-4-3-5-7-13/h3-10H,1-2H3,(H,20,23). The van der Waals surface area contributed by atoms with Crippen LogP contribution in [0.25, 0.3) is 33.1 Å². The van der Waals surface area contributed by atoms with E-state index < -0.39 is 0 Å². The minimum atomic E-state index is -0.134. The highest BCUT2D eigenvalue weighted by atomic mass is 16.1. The predicted molar refractivity (Wildman–Crippen MR) is 92.6 cm³/mol. The number of rotatable bonds is 1. The Morgan fingerprint density at radius 1 is 0.913 bits per heavy atom. The highest BCUT2D eigenvalue weighted by Crippen LogP contribution is 2.29. The van der Waals surface area contributed by atoms with Crippen molar-refractivity contribution in [2.24, 2.45) is 0 Å². The average molecular weight is 301 g/mol. The molecule has 4 nitrogen and oxygen atoms in total. The SMILES string of the molecule is Cc1cc(C)c2nnc3c(-c4ccccc4)cc(=O)[nH]c3c2c1. The highest BCUT2D eigenvalue weighted by Gasteiger charge is 2.12. The van der Waals surface area contributed by atoms with Gasteiger partial charge in [0.05, 0.1) is 11.0 Å². The molecule has 112 valence electrons.